The molecule has 2 heteroatoms. The summed E-state index contributed by atoms with van der Waals surface area (Å²) in [5.41, 5.74) is 12.5. The van der Waals surface area contributed by atoms with Gasteiger partial charge in [0.1, 0.15) is 5.75 Å². The van der Waals surface area contributed by atoms with Crippen LogP contribution in [0.3, 0.4) is 0 Å². The van der Waals surface area contributed by atoms with Crippen molar-refractivity contribution in [3.05, 3.63) is 188 Å². The van der Waals surface area contributed by atoms with Crippen molar-refractivity contribution in [1.82, 2.24) is 0 Å². The quantitative estimate of drug-likeness (QED) is 0.185. The van der Waals surface area contributed by atoms with Crippen LogP contribution in [0.15, 0.2) is 188 Å². The number of rotatable bonds is 6. The van der Waals surface area contributed by atoms with Crippen molar-refractivity contribution < 1.29 is 4.74 Å². The van der Waals surface area contributed by atoms with E-state index in [1.54, 1.807) is 0 Å². The Kier molecular flexibility index (Phi) is 6.84. The van der Waals surface area contributed by atoms with E-state index in [9.17, 15) is 0 Å². The van der Waals surface area contributed by atoms with Gasteiger partial charge in [-0.1, -0.05) is 146 Å². The predicted octanol–water partition coefficient (Wildman–Crippen LogP) is 13.1. The van der Waals surface area contributed by atoms with Gasteiger partial charge in [-0.05, 0) is 86.8 Å². The van der Waals surface area contributed by atoms with E-state index < -0.39 is 0 Å². The molecule has 1 aliphatic heterocycles. The molecule has 0 N–H and O–H groups in total. The highest BCUT2D eigenvalue weighted by molar-refractivity contribution is 6.08. The second-order valence-electron chi connectivity index (χ2n) is 12.2. The first kappa shape index (κ1) is 27.9. The molecule has 8 aromatic carbocycles. The lowest BCUT2D eigenvalue weighted by Crippen LogP contribution is -2.12. The fourth-order valence-electron chi connectivity index (χ4n) is 6.88. The zero-order chi connectivity index (χ0) is 31.9. The molecule has 1 heterocycles. The minimum Gasteiger partial charge on any atom is -0.454 e. The van der Waals surface area contributed by atoms with Crippen LogP contribution in [-0.4, -0.2) is 0 Å². The summed E-state index contributed by atoms with van der Waals surface area (Å²) in [4.78, 5) is 2.32. The monoisotopic (exact) mass is 613 g/mol. The van der Waals surface area contributed by atoms with E-state index in [-0.39, 0.29) is 0 Å². The maximum Gasteiger partial charge on any atom is 0.159 e. The highest BCUT2D eigenvalue weighted by Gasteiger charge is 2.27. The highest BCUT2D eigenvalue weighted by atomic mass is 16.5. The molecule has 0 saturated carbocycles. The largest absolute Gasteiger partial charge is 0.454 e. The van der Waals surface area contributed by atoms with Gasteiger partial charge >= 0.3 is 0 Å². The molecule has 0 amide bonds. The molecule has 0 unspecified atom stereocenters. The van der Waals surface area contributed by atoms with Crippen molar-refractivity contribution in [1.29, 1.82) is 0 Å². The minimum absolute atomic E-state index is 0.861. The summed E-state index contributed by atoms with van der Waals surface area (Å²) in [6.45, 7) is 0. The summed E-state index contributed by atoms with van der Waals surface area (Å²) < 4.78 is 7.01. The molecular formula is C46H31NO. The Balaban J connectivity index is 1.22. The van der Waals surface area contributed by atoms with E-state index in [4.69, 9.17) is 4.74 Å². The van der Waals surface area contributed by atoms with Gasteiger partial charge in [-0.3, -0.25) is 0 Å². The maximum atomic E-state index is 7.01. The van der Waals surface area contributed by atoms with E-state index in [1.807, 2.05) is 0 Å². The van der Waals surface area contributed by atoms with E-state index in [0.29, 0.717) is 0 Å². The molecule has 2 nitrogen and oxygen atoms in total. The van der Waals surface area contributed by atoms with E-state index in [2.05, 4.69) is 193 Å². The first-order valence-corrected chi connectivity index (χ1v) is 16.3. The first-order chi connectivity index (χ1) is 23.8. The first-order valence-electron chi connectivity index (χ1n) is 16.3. The molecule has 0 spiro atoms. The average Bonchev–Trinajstić information content (AvgIpc) is 3.17. The van der Waals surface area contributed by atoms with Gasteiger partial charge in [0.25, 0.3) is 0 Å². The normalized spacial score (nSPS) is 11.5. The minimum atomic E-state index is 0.861. The number of benzene rings is 8. The Morgan fingerprint density at radius 1 is 0.354 bits per heavy atom. The van der Waals surface area contributed by atoms with Crippen LogP contribution in [0.4, 0.5) is 17.1 Å². The fourth-order valence-corrected chi connectivity index (χ4v) is 6.88. The van der Waals surface area contributed by atoms with Crippen molar-refractivity contribution in [3.8, 4) is 56.0 Å². The van der Waals surface area contributed by atoms with Gasteiger partial charge in [-0.15, -0.1) is 0 Å². The summed E-state index contributed by atoms with van der Waals surface area (Å²) in [6.07, 6.45) is 0. The third-order valence-corrected chi connectivity index (χ3v) is 9.27. The standard InChI is InChI=1S/C46H31NO/c1-4-11-32(12-5-1)35-19-25-39(26-20-35)47(40-27-21-36(22-28-40)33-13-6-2-7-14-33)43-30-24-37-17-10-18-42-41-29-23-38(34-15-8-3-9-16-34)31-44(41)48-46(43)45(37)42/h1-31H. The van der Waals surface area contributed by atoms with Gasteiger partial charge in [-0.25, -0.2) is 0 Å². The zero-order valence-corrected chi connectivity index (χ0v) is 26.3. The molecule has 8 aromatic rings. The lowest BCUT2D eigenvalue weighted by molar-refractivity contribution is 0.488. The number of hydrogen-bond acceptors (Lipinski definition) is 2. The van der Waals surface area contributed by atoms with Crippen molar-refractivity contribution in [3.63, 3.8) is 0 Å². The predicted molar refractivity (Wildman–Crippen MR) is 200 cm³/mol. The van der Waals surface area contributed by atoms with Crippen LogP contribution < -0.4 is 9.64 Å². The number of hydrogen-bond donors (Lipinski definition) is 0. The highest BCUT2D eigenvalue weighted by Crippen LogP contribution is 2.53. The Morgan fingerprint density at radius 3 is 1.42 bits per heavy atom. The van der Waals surface area contributed by atoms with Gasteiger partial charge in [0.2, 0.25) is 0 Å². The summed E-state index contributed by atoms with van der Waals surface area (Å²) in [7, 11) is 0. The van der Waals surface area contributed by atoms with Crippen LogP contribution >= 0.6 is 0 Å². The van der Waals surface area contributed by atoms with Gasteiger partial charge in [0.15, 0.2) is 5.75 Å². The molecular weight excluding hydrogens is 583 g/mol. The molecule has 1 aliphatic rings. The summed E-state index contributed by atoms with van der Waals surface area (Å²) >= 11 is 0. The van der Waals surface area contributed by atoms with Crippen molar-refractivity contribution in [2.45, 2.75) is 0 Å². The van der Waals surface area contributed by atoms with E-state index >= 15 is 0 Å². The SMILES string of the molecule is c1ccc(-c2ccc(N(c3ccc(-c4ccccc4)cc3)c3ccc4cccc5c4c3Oc3cc(-c4ccccc4)ccc3-5)cc2)cc1. The van der Waals surface area contributed by atoms with Crippen LogP contribution in [-0.2, 0) is 0 Å². The molecule has 0 atom stereocenters. The van der Waals surface area contributed by atoms with Crippen LogP contribution in [0.5, 0.6) is 11.5 Å². The Labute approximate surface area is 280 Å². The summed E-state index contributed by atoms with van der Waals surface area (Å²) in [5, 5.41) is 2.28. The molecule has 0 saturated heterocycles. The van der Waals surface area contributed by atoms with E-state index in [0.717, 1.165) is 50.5 Å². The number of anilines is 3. The Hall–Kier alpha value is -6.38. The van der Waals surface area contributed by atoms with Crippen molar-refractivity contribution in [2.24, 2.45) is 0 Å². The third-order valence-electron chi connectivity index (χ3n) is 9.27. The Bertz CT molecular complexity index is 2300. The fraction of sp³-hybridized carbons (Fsp3) is 0. The van der Waals surface area contributed by atoms with Crippen LogP contribution in [0.25, 0.3) is 55.3 Å². The summed E-state index contributed by atoms with van der Waals surface area (Å²) in [6, 6.07) is 66.7. The molecule has 226 valence electrons. The van der Waals surface area contributed by atoms with Gasteiger partial charge in [-0.2, -0.15) is 0 Å². The molecule has 0 bridgehead atoms. The van der Waals surface area contributed by atoms with Crippen molar-refractivity contribution >= 4 is 27.8 Å². The number of nitrogens with zero attached hydrogens (tertiary/aromatic N) is 1. The van der Waals surface area contributed by atoms with Gasteiger partial charge in [0.05, 0.1) is 5.69 Å². The van der Waals surface area contributed by atoms with Gasteiger partial charge < -0.3 is 9.64 Å². The molecule has 48 heavy (non-hydrogen) atoms. The molecule has 9 rings (SSSR count). The third kappa shape index (κ3) is 4.92. The second-order valence-corrected chi connectivity index (χ2v) is 12.2. The van der Waals surface area contributed by atoms with Crippen LogP contribution in [0, 0.1) is 0 Å². The second kappa shape index (κ2) is 11.8. The number of fused-ring (bicyclic) bond motifs is 2. The summed E-state index contributed by atoms with van der Waals surface area (Å²) in [5.74, 6) is 1.72. The van der Waals surface area contributed by atoms with Crippen molar-refractivity contribution in [2.75, 3.05) is 4.90 Å². The Morgan fingerprint density at radius 2 is 0.854 bits per heavy atom. The van der Waals surface area contributed by atoms with Crippen LogP contribution in [0.2, 0.25) is 0 Å². The molecule has 0 aliphatic carbocycles. The lowest BCUT2D eigenvalue weighted by Gasteiger charge is -2.31. The zero-order valence-electron chi connectivity index (χ0n) is 26.3. The molecule has 0 radical (unpaired) electrons. The lowest BCUT2D eigenvalue weighted by atomic mass is 9.92. The van der Waals surface area contributed by atoms with Gasteiger partial charge in [0, 0.05) is 22.3 Å². The molecule has 0 aromatic heterocycles. The van der Waals surface area contributed by atoms with E-state index in [1.165, 1.54) is 33.4 Å². The average molecular weight is 614 g/mol. The number of ether oxygens (including phenoxy) is 1. The smallest absolute Gasteiger partial charge is 0.159 e. The maximum absolute atomic E-state index is 7.01. The molecule has 0 fully saturated rings. The topological polar surface area (TPSA) is 12.5 Å². The van der Waals surface area contributed by atoms with Crippen LogP contribution in [0.1, 0.15) is 0 Å².